The minimum Gasteiger partial charge on any atom is -0.211 e. The highest BCUT2D eigenvalue weighted by Crippen LogP contribution is 2.77. The monoisotopic (exact) mass is 268 g/mol. The average Bonchev–Trinajstić information content (AvgIpc) is 1.75. The lowest BCUT2D eigenvalue weighted by Gasteiger charge is -2.71. The summed E-state index contributed by atoms with van der Waals surface area (Å²) in [4.78, 5) is 0. The van der Waals surface area contributed by atoms with Crippen LogP contribution < -0.4 is 0 Å². The Labute approximate surface area is 87.2 Å². The van der Waals surface area contributed by atoms with Crippen molar-refractivity contribution in [1.29, 1.82) is 0 Å². The number of rotatable bonds is 2. The lowest BCUT2D eigenvalue weighted by atomic mass is 9.44. The third-order valence-electron chi connectivity index (χ3n) is 3.57. The predicted octanol–water partition coefficient (Wildman–Crippen LogP) is 3.82. The summed E-state index contributed by atoms with van der Waals surface area (Å²) in [5.41, 5.74) is -2.99. The third kappa shape index (κ3) is 1.05. The summed E-state index contributed by atoms with van der Waals surface area (Å²) in [6.45, 7) is 5.32. The van der Waals surface area contributed by atoms with E-state index in [4.69, 9.17) is 0 Å². The van der Waals surface area contributed by atoms with Crippen molar-refractivity contribution in [3.8, 4) is 0 Å². The van der Waals surface area contributed by atoms with Gasteiger partial charge in [0, 0.05) is 9.74 Å². The minimum atomic E-state index is -2.38. The predicted molar refractivity (Wildman–Crippen MR) is 56.2 cm³/mol. The first-order valence-corrected chi connectivity index (χ1v) is 8.98. The number of hydrogen-bond donors (Lipinski definition) is 0. The largest absolute Gasteiger partial charge is 0.234 e. The van der Waals surface area contributed by atoms with E-state index in [1.165, 1.54) is 0 Å². The zero-order chi connectivity index (χ0) is 10.1. The molecule has 76 valence electrons. The summed E-state index contributed by atoms with van der Waals surface area (Å²) in [5.74, 6) is 0. The van der Waals surface area contributed by atoms with Gasteiger partial charge >= 0.3 is 0 Å². The van der Waals surface area contributed by atoms with Crippen LogP contribution in [0.4, 0.5) is 8.78 Å². The molecule has 3 aliphatic carbocycles. The molecule has 0 nitrogen and oxygen atoms in total. The molecule has 0 aliphatic heterocycles. The van der Waals surface area contributed by atoms with E-state index in [2.05, 4.69) is 15.9 Å². The van der Waals surface area contributed by atoms with Crippen LogP contribution in [0.3, 0.4) is 0 Å². The fourth-order valence-corrected chi connectivity index (χ4v) is 6.26. The average molecular weight is 269 g/mol. The van der Waals surface area contributed by atoms with Gasteiger partial charge in [-0.1, -0.05) is 35.6 Å². The molecule has 3 rings (SSSR count). The molecule has 0 aromatic rings. The van der Waals surface area contributed by atoms with E-state index >= 15 is 0 Å². The quantitative estimate of drug-likeness (QED) is 0.528. The van der Waals surface area contributed by atoms with Crippen LogP contribution in [0.5, 0.6) is 0 Å². The van der Waals surface area contributed by atoms with Crippen LogP contribution in [0.15, 0.2) is 0 Å². The summed E-state index contributed by atoms with van der Waals surface area (Å²) in [7, 11) is -2.34. The van der Waals surface area contributed by atoms with Crippen LogP contribution in [0.1, 0.15) is 19.3 Å². The third-order valence-corrected chi connectivity index (χ3v) is 6.83. The van der Waals surface area contributed by atoms with Crippen molar-refractivity contribution in [2.45, 2.75) is 48.8 Å². The molecular weight excluding hydrogens is 254 g/mol. The Morgan fingerprint density at radius 3 is 1.77 bits per heavy atom. The van der Waals surface area contributed by atoms with Gasteiger partial charge in [-0.3, -0.25) is 0 Å². The van der Waals surface area contributed by atoms with E-state index in [0.717, 1.165) is 0 Å². The molecule has 0 heterocycles. The van der Waals surface area contributed by atoms with Gasteiger partial charge in [0.1, 0.15) is 8.07 Å². The molecule has 0 unspecified atom stereocenters. The van der Waals surface area contributed by atoms with Crippen molar-refractivity contribution in [2.24, 2.45) is 5.41 Å². The molecule has 0 aromatic carbocycles. The Hall–Kier alpha value is 0.557. The van der Waals surface area contributed by atoms with E-state index in [0.29, 0.717) is 19.3 Å². The molecule has 3 aliphatic rings. The maximum atomic E-state index is 14.0. The SMILES string of the molecule is C[Si](C)(C)C(F)(F)C12CC(Br)(C1)C2. The Balaban J connectivity index is 2.19. The molecule has 2 bridgehead atoms. The second-order valence-corrected chi connectivity index (χ2v) is 12.6. The summed E-state index contributed by atoms with van der Waals surface area (Å²) in [6.07, 6.45) is 2.08. The van der Waals surface area contributed by atoms with E-state index in [-0.39, 0.29) is 4.32 Å². The second kappa shape index (κ2) is 2.21. The minimum absolute atomic E-state index is 0.107. The molecule has 3 fully saturated rings. The van der Waals surface area contributed by atoms with Crippen LogP contribution in [0.25, 0.3) is 0 Å². The van der Waals surface area contributed by atoms with E-state index in [1.807, 2.05) is 0 Å². The van der Waals surface area contributed by atoms with Gasteiger partial charge < -0.3 is 0 Å². The summed E-state index contributed by atoms with van der Waals surface area (Å²) < 4.78 is 28.1. The Morgan fingerprint density at radius 1 is 1.15 bits per heavy atom. The summed E-state index contributed by atoms with van der Waals surface area (Å²) in [6, 6.07) is 0. The first kappa shape index (κ1) is 10.1. The topological polar surface area (TPSA) is 0 Å². The van der Waals surface area contributed by atoms with E-state index in [9.17, 15) is 8.78 Å². The van der Waals surface area contributed by atoms with Crippen molar-refractivity contribution < 1.29 is 8.78 Å². The maximum absolute atomic E-state index is 14.0. The highest BCUT2D eigenvalue weighted by Gasteiger charge is 2.78. The van der Waals surface area contributed by atoms with E-state index in [1.54, 1.807) is 19.6 Å². The summed E-state index contributed by atoms with van der Waals surface area (Å²) in [5, 5.41) is 0. The first-order valence-electron chi connectivity index (χ1n) is 4.69. The first-order chi connectivity index (χ1) is 5.62. The lowest BCUT2D eigenvalue weighted by Crippen LogP contribution is -2.75. The highest BCUT2D eigenvalue weighted by atomic mass is 79.9. The molecule has 0 atom stereocenters. The zero-order valence-corrected chi connectivity index (χ0v) is 10.8. The number of halogens is 3. The van der Waals surface area contributed by atoms with Gasteiger partial charge in [0.2, 0.25) is 5.55 Å². The molecule has 3 saturated carbocycles. The molecule has 0 amide bonds. The molecule has 0 aromatic heterocycles. The molecule has 0 radical (unpaired) electrons. The van der Waals surface area contributed by atoms with Gasteiger partial charge in [-0.2, -0.15) is 0 Å². The molecule has 0 N–H and O–H groups in total. The maximum Gasteiger partial charge on any atom is 0.234 e. The smallest absolute Gasteiger partial charge is 0.211 e. The molecule has 0 spiro atoms. The summed E-state index contributed by atoms with van der Waals surface area (Å²) >= 11 is 3.51. The van der Waals surface area contributed by atoms with Gasteiger partial charge in [0.25, 0.3) is 0 Å². The van der Waals surface area contributed by atoms with Gasteiger partial charge in [-0.25, -0.2) is 8.78 Å². The standard InChI is InChI=1S/C9H15BrF2Si/c1-13(2,3)9(11,12)7-4-8(10,5-7)6-7/h4-6H2,1-3H3. The number of alkyl halides is 3. The normalized spacial score (nSPS) is 43.8. The molecular formula is C9H15BrF2Si. The van der Waals surface area contributed by atoms with Crippen molar-refractivity contribution in [2.75, 3.05) is 0 Å². The van der Waals surface area contributed by atoms with Crippen LogP contribution in [-0.2, 0) is 0 Å². The van der Waals surface area contributed by atoms with E-state index < -0.39 is 19.0 Å². The molecule has 4 heteroatoms. The fraction of sp³-hybridized carbons (Fsp3) is 1.00. The Kier molecular flexibility index (Phi) is 1.71. The van der Waals surface area contributed by atoms with Crippen LogP contribution in [-0.4, -0.2) is 17.9 Å². The zero-order valence-electron chi connectivity index (χ0n) is 8.26. The van der Waals surface area contributed by atoms with Gasteiger partial charge in [0.15, 0.2) is 0 Å². The van der Waals surface area contributed by atoms with Crippen LogP contribution in [0.2, 0.25) is 19.6 Å². The van der Waals surface area contributed by atoms with Gasteiger partial charge in [-0.15, -0.1) is 0 Å². The molecule has 13 heavy (non-hydrogen) atoms. The van der Waals surface area contributed by atoms with Crippen LogP contribution in [0, 0.1) is 5.41 Å². The lowest BCUT2D eigenvalue weighted by molar-refractivity contribution is -0.206. The van der Waals surface area contributed by atoms with Gasteiger partial charge in [-0.05, 0) is 19.3 Å². The van der Waals surface area contributed by atoms with Crippen molar-refractivity contribution in [3.05, 3.63) is 0 Å². The Bertz CT molecular complexity index is 237. The van der Waals surface area contributed by atoms with Crippen molar-refractivity contribution in [1.82, 2.24) is 0 Å². The number of hydrogen-bond acceptors (Lipinski definition) is 0. The van der Waals surface area contributed by atoms with Crippen LogP contribution >= 0.6 is 15.9 Å². The van der Waals surface area contributed by atoms with Crippen molar-refractivity contribution in [3.63, 3.8) is 0 Å². The fourth-order valence-electron chi connectivity index (χ4n) is 2.79. The van der Waals surface area contributed by atoms with Gasteiger partial charge in [0.05, 0.1) is 0 Å². The Morgan fingerprint density at radius 2 is 1.54 bits per heavy atom. The second-order valence-electron chi connectivity index (χ2n) is 5.79. The van der Waals surface area contributed by atoms with Crippen molar-refractivity contribution >= 4 is 24.0 Å². The molecule has 0 saturated heterocycles. The highest BCUT2D eigenvalue weighted by molar-refractivity contribution is 9.10.